The van der Waals surface area contributed by atoms with E-state index >= 15 is 0 Å². The van der Waals surface area contributed by atoms with E-state index in [-0.39, 0.29) is 0 Å². The molecule has 0 radical (unpaired) electrons. The molecule has 3 aromatic rings. The lowest BCUT2D eigenvalue weighted by molar-refractivity contribution is 0.0555. The van der Waals surface area contributed by atoms with Crippen molar-refractivity contribution in [1.29, 1.82) is 0 Å². The van der Waals surface area contributed by atoms with Crippen molar-refractivity contribution in [3.8, 4) is 0 Å². The molecule has 4 rings (SSSR count). The van der Waals surface area contributed by atoms with E-state index in [1.54, 1.807) is 0 Å². The number of ether oxygens (including phenoxy) is 2. The van der Waals surface area contributed by atoms with Crippen molar-refractivity contribution in [3.05, 3.63) is 58.0 Å². The van der Waals surface area contributed by atoms with Gasteiger partial charge in [-0.25, -0.2) is 9.59 Å². The molecule has 0 amide bonds. The topological polar surface area (TPSA) is 62.5 Å². The summed E-state index contributed by atoms with van der Waals surface area (Å²) in [6.07, 6.45) is 0.575. The second kappa shape index (κ2) is 6.30. The average Bonchev–Trinajstić information content (AvgIpc) is 3.17. The molecule has 27 heavy (non-hydrogen) atoms. The molecule has 3 heterocycles. The smallest absolute Gasteiger partial charge is 0.340 e. The summed E-state index contributed by atoms with van der Waals surface area (Å²) < 4.78 is 14.3. The second-order valence-corrected chi connectivity index (χ2v) is 6.71. The van der Waals surface area contributed by atoms with Crippen LogP contribution in [-0.4, -0.2) is 35.3 Å². The molecule has 0 atom stereocenters. The molecule has 0 aliphatic carbocycles. The predicted octanol–water partition coefficient (Wildman–Crippen LogP) is 3.30. The summed E-state index contributed by atoms with van der Waals surface area (Å²) in [5, 5.41) is 1.19. The van der Waals surface area contributed by atoms with Crippen molar-refractivity contribution in [1.82, 2.24) is 9.13 Å². The minimum absolute atomic E-state index is 0.303. The van der Waals surface area contributed by atoms with Crippen LogP contribution in [-0.2, 0) is 29.0 Å². The number of aryl methyl sites for hydroxylation is 1. The molecule has 0 saturated carbocycles. The summed E-state index contributed by atoms with van der Waals surface area (Å²) in [6, 6.07) is 8.31. The van der Waals surface area contributed by atoms with Gasteiger partial charge in [-0.3, -0.25) is 0 Å². The van der Waals surface area contributed by atoms with E-state index in [0.717, 1.165) is 17.9 Å². The quantitative estimate of drug-likeness (QED) is 0.522. The first-order valence-corrected chi connectivity index (χ1v) is 9.00. The molecule has 0 bridgehead atoms. The maximum Gasteiger partial charge on any atom is 0.340 e. The number of benzene rings is 1. The van der Waals surface area contributed by atoms with E-state index in [2.05, 4.69) is 23.6 Å². The summed E-state index contributed by atoms with van der Waals surface area (Å²) in [5.74, 6) is -1.02. The van der Waals surface area contributed by atoms with Crippen LogP contribution in [0.2, 0.25) is 0 Å². The van der Waals surface area contributed by atoms with Gasteiger partial charge >= 0.3 is 11.9 Å². The maximum atomic E-state index is 12.5. The lowest BCUT2D eigenvalue weighted by Crippen LogP contribution is -2.19. The number of fused-ring (bicyclic) bond motifs is 4. The Hall–Kier alpha value is -3.02. The Morgan fingerprint density at radius 1 is 1.04 bits per heavy atom. The summed E-state index contributed by atoms with van der Waals surface area (Å²) >= 11 is 0. The fourth-order valence-electron chi connectivity index (χ4n) is 4.35. The van der Waals surface area contributed by atoms with Gasteiger partial charge in [0.15, 0.2) is 0 Å². The highest BCUT2D eigenvalue weighted by molar-refractivity contribution is 6.05. The zero-order chi connectivity index (χ0) is 19.3. The predicted molar refractivity (Wildman–Crippen MR) is 101 cm³/mol. The largest absolute Gasteiger partial charge is 0.465 e. The van der Waals surface area contributed by atoms with Gasteiger partial charge in [-0.2, -0.15) is 0 Å². The van der Waals surface area contributed by atoms with E-state index in [0.29, 0.717) is 24.1 Å². The molecule has 1 aromatic carbocycles. The summed E-state index contributed by atoms with van der Waals surface area (Å²) in [7, 11) is 2.66. The zero-order valence-corrected chi connectivity index (χ0v) is 16.0. The van der Waals surface area contributed by atoms with Crippen LogP contribution in [0.5, 0.6) is 0 Å². The Kier molecular flexibility index (Phi) is 4.06. The van der Waals surface area contributed by atoms with Crippen LogP contribution < -0.4 is 0 Å². The number of rotatable bonds is 3. The Morgan fingerprint density at radius 2 is 1.70 bits per heavy atom. The van der Waals surface area contributed by atoms with Crippen LogP contribution in [0.4, 0.5) is 0 Å². The maximum absolute atomic E-state index is 12.5. The van der Waals surface area contributed by atoms with Gasteiger partial charge in [-0.15, -0.1) is 0 Å². The summed E-state index contributed by atoms with van der Waals surface area (Å²) in [5.41, 5.74) is 5.79. The molecule has 1 aliphatic rings. The minimum Gasteiger partial charge on any atom is -0.465 e. The number of hydrogen-bond donors (Lipinski definition) is 0. The molecule has 140 valence electrons. The number of carbonyl (C=O) groups excluding carboxylic acids is 2. The summed E-state index contributed by atoms with van der Waals surface area (Å²) in [4.78, 5) is 24.9. The van der Waals surface area contributed by atoms with Crippen LogP contribution in [0.25, 0.3) is 10.9 Å². The number of para-hydroxylation sites is 1. The number of hydrogen-bond acceptors (Lipinski definition) is 4. The van der Waals surface area contributed by atoms with Gasteiger partial charge in [0, 0.05) is 41.0 Å². The van der Waals surface area contributed by atoms with Crippen LogP contribution in [0.15, 0.2) is 24.3 Å². The molecule has 1 aliphatic heterocycles. The third-order valence-corrected chi connectivity index (χ3v) is 5.57. The number of nitrogens with zero attached hydrogens (tertiary/aromatic N) is 2. The van der Waals surface area contributed by atoms with E-state index in [9.17, 15) is 9.59 Å². The fourth-order valence-corrected chi connectivity index (χ4v) is 4.35. The fraction of sp³-hybridized carbons (Fsp3) is 0.333. The zero-order valence-electron chi connectivity index (χ0n) is 16.0. The second-order valence-electron chi connectivity index (χ2n) is 6.71. The SMILES string of the molecule is CCn1c2c(c3ccccc31)Cc1c(C(=O)OC)c(C(=O)OC)c(C)n1C2. The first-order chi connectivity index (χ1) is 13.0. The highest BCUT2D eigenvalue weighted by Crippen LogP contribution is 2.37. The minimum atomic E-state index is -0.511. The molecule has 2 aromatic heterocycles. The van der Waals surface area contributed by atoms with Gasteiger partial charge in [0.25, 0.3) is 0 Å². The van der Waals surface area contributed by atoms with Crippen molar-refractivity contribution in [3.63, 3.8) is 0 Å². The molecule has 6 heteroatoms. The first kappa shape index (κ1) is 17.4. The molecule has 0 N–H and O–H groups in total. The molecule has 0 fully saturated rings. The molecule has 0 unspecified atom stereocenters. The Bertz CT molecular complexity index is 1090. The summed E-state index contributed by atoms with van der Waals surface area (Å²) in [6.45, 7) is 5.45. The number of aromatic nitrogens is 2. The molecule has 0 spiro atoms. The van der Waals surface area contributed by atoms with Gasteiger partial charge in [0.1, 0.15) is 0 Å². The lowest BCUT2D eigenvalue weighted by atomic mass is 9.99. The van der Waals surface area contributed by atoms with Crippen LogP contribution in [0.1, 0.15) is 50.3 Å². The van der Waals surface area contributed by atoms with Crippen molar-refractivity contribution in [2.24, 2.45) is 0 Å². The van der Waals surface area contributed by atoms with Gasteiger partial charge < -0.3 is 18.6 Å². The van der Waals surface area contributed by atoms with E-state index in [1.165, 1.54) is 36.4 Å². The average molecular weight is 366 g/mol. The molecule has 6 nitrogen and oxygen atoms in total. The normalized spacial score (nSPS) is 12.6. The number of methoxy groups -OCH3 is 2. The van der Waals surface area contributed by atoms with E-state index in [1.807, 2.05) is 23.6 Å². The third-order valence-electron chi connectivity index (χ3n) is 5.57. The van der Waals surface area contributed by atoms with Crippen molar-refractivity contribution in [2.75, 3.05) is 14.2 Å². The number of carbonyl (C=O) groups is 2. The molecular formula is C21H22N2O4. The van der Waals surface area contributed by atoms with Crippen molar-refractivity contribution < 1.29 is 19.1 Å². The van der Waals surface area contributed by atoms with E-state index in [4.69, 9.17) is 9.47 Å². The van der Waals surface area contributed by atoms with Crippen molar-refractivity contribution >= 4 is 22.8 Å². The molecular weight excluding hydrogens is 344 g/mol. The number of esters is 2. The van der Waals surface area contributed by atoms with Gasteiger partial charge in [0.2, 0.25) is 0 Å². The Balaban J connectivity index is 1.99. The van der Waals surface area contributed by atoms with Crippen molar-refractivity contribution in [2.45, 2.75) is 33.4 Å². The van der Waals surface area contributed by atoms with Crippen LogP contribution in [0, 0.1) is 6.92 Å². The Labute approximate surface area is 157 Å². The van der Waals surface area contributed by atoms with E-state index < -0.39 is 11.9 Å². The van der Waals surface area contributed by atoms with Gasteiger partial charge in [-0.05, 0) is 25.5 Å². The Morgan fingerprint density at radius 3 is 2.37 bits per heavy atom. The van der Waals surface area contributed by atoms with Crippen LogP contribution in [0.3, 0.4) is 0 Å². The first-order valence-electron chi connectivity index (χ1n) is 9.00. The monoisotopic (exact) mass is 366 g/mol. The van der Waals surface area contributed by atoms with Crippen LogP contribution >= 0.6 is 0 Å². The standard InChI is InChI=1S/C21H22N2O4/c1-5-22-15-9-7-6-8-13(15)14-10-16-19(21(25)27-4)18(20(24)26-3)12(2)23(16)11-17(14)22/h6-9H,5,10-11H2,1-4H3. The van der Waals surface area contributed by atoms with Gasteiger partial charge in [-0.1, -0.05) is 18.2 Å². The highest BCUT2D eigenvalue weighted by Gasteiger charge is 2.34. The van der Waals surface area contributed by atoms with Gasteiger partial charge in [0.05, 0.1) is 31.9 Å². The highest BCUT2D eigenvalue weighted by atomic mass is 16.5. The lowest BCUT2D eigenvalue weighted by Gasteiger charge is -2.21. The third kappa shape index (κ3) is 2.32. The molecule has 0 saturated heterocycles.